The van der Waals surface area contributed by atoms with Gasteiger partial charge in [0.1, 0.15) is 22.9 Å². The zero-order valence-corrected chi connectivity index (χ0v) is 31.1. The van der Waals surface area contributed by atoms with E-state index in [0.29, 0.717) is 11.8 Å². The third kappa shape index (κ3) is 7.30. The summed E-state index contributed by atoms with van der Waals surface area (Å²) in [5, 5.41) is 0. The molecular weight excluding hydrogens is 628 g/mol. The summed E-state index contributed by atoms with van der Waals surface area (Å²) >= 11 is 0. The highest BCUT2D eigenvalue weighted by atomic mass is 16.6. The number of nitrogens with zero attached hydrogens (tertiary/aromatic N) is 4. The van der Waals surface area contributed by atoms with Crippen molar-refractivity contribution >= 4 is 12.2 Å². The van der Waals surface area contributed by atoms with Crippen LogP contribution in [0.25, 0.3) is 33.6 Å². The van der Waals surface area contributed by atoms with Crippen LogP contribution < -0.4 is 0 Å². The number of amides is 2. The molecule has 0 saturated carbocycles. The summed E-state index contributed by atoms with van der Waals surface area (Å²) in [5.41, 5.74) is 4.93. The second kappa shape index (κ2) is 13.3. The van der Waals surface area contributed by atoms with E-state index in [0.717, 1.165) is 58.1 Å². The molecule has 2 N–H and O–H groups in total. The number of H-pyrrole nitrogens is 2. The van der Waals surface area contributed by atoms with Crippen LogP contribution in [0.2, 0.25) is 0 Å². The molecule has 0 bridgehead atoms. The first-order chi connectivity index (χ1) is 23.5. The summed E-state index contributed by atoms with van der Waals surface area (Å²) in [7, 11) is 0. The van der Waals surface area contributed by atoms with Crippen molar-refractivity contribution in [2.45, 2.75) is 117 Å². The SMILES string of the molecule is C[C@H]1CC(c2ncc(-c3ccc(-c4ccc(-c5cnc(C6C[C@H](C)[C@H](C)N6C(=O)OC(C)(C)C)[nH]5)cc4)cc3)[nH]2)N(C(=O)OC(C)(C)C)[C@H]1C. The van der Waals surface area contributed by atoms with Crippen LogP contribution >= 0.6 is 0 Å². The molecule has 6 rings (SSSR count). The van der Waals surface area contributed by atoms with E-state index in [1.54, 1.807) is 0 Å². The van der Waals surface area contributed by atoms with Crippen LogP contribution in [0.15, 0.2) is 60.9 Å². The molecule has 266 valence electrons. The lowest BCUT2D eigenvalue weighted by Gasteiger charge is -2.31. The summed E-state index contributed by atoms with van der Waals surface area (Å²) in [5.74, 6) is 2.21. The quantitative estimate of drug-likeness (QED) is 0.217. The Hall–Kier alpha value is -4.60. The second-order valence-electron chi connectivity index (χ2n) is 16.2. The molecule has 10 nitrogen and oxygen atoms in total. The Morgan fingerprint density at radius 1 is 0.600 bits per heavy atom. The lowest BCUT2D eigenvalue weighted by molar-refractivity contribution is 0.0130. The predicted molar refractivity (Wildman–Crippen MR) is 195 cm³/mol. The number of hydrogen-bond acceptors (Lipinski definition) is 6. The number of carbonyl (C=O) groups is 2. The molecule has 0 radical (unpaired) electrons. The van der Waals surface area contributed by atoms with Gasteiger partial charge in [0.15, 0.2) is 0 Å². The lowest BCUT2D eigenvalue weighted by Crippen LogP contribution is -2.41. The van der Waals surface area contributed by atoms with Crippen LogP contribution in [0.5, 0.6) is 0 Å². The van der Waals surface area contributed by atoms with E-state index in [4.69, 9.17) is 19.4 Å². The molecule has 2 aromatic heterocycles. The zero-order valence-electron chi connectivity index (χ0n) is 31.1. The molecule has 4 aromatic rings. The first-order valence-corrected chi connectivity index (χ1v) is 17.8. The average Bonchev–Trinajstić information content (AvgIpc) is 3.83. The Kier molecular flexibility index (Phi) is 9.35. The van der Waals surface area contributed by atoms with Crippen molar-refractivity contribution in [2.24, 2.45) is 11.8 Å². The number of carbonyl (C=O) groups excluding carboxylic acids is 2. The van der Waals surface area contributed by atoms with E-state index in [9.17, 15) is 9.59 Å². The van der Waals surface area contributed by atoms with E-state index in [2.05, 4.69) is 86.2 Å². The smallest absolute Gasteiger partial charge is 0.411 e. The topological polar surface area (TPSA) is 116 Å². The molecule has 6 atom stereocenters. The number of benzene rings is 2. The molecular formula is C40H52N6O4. The molecule has 0 spiro atoms. The standard InChI is InChI=1S/C40H52N6O4/c1-23-19-33(45(25(23)3)37(47)49-39(5,6)7)35-41-21-31(43-35)29-15-11-27(12-16-29)28-13-17-30(18-14-28)32-22-42-36(44-32)34-20-24(2)26(4)46(34)38(48)50-40(8,9)10/h11-18,21-26,33-34H,19-20H2,1-10H3,(H,41,43)(H,42,44)/t23-,24-,25-,26-,33?,34?/m0/s1. The highest BCUT2D eigenvalue weighted by Crippen LogP contribution is 2.41. The number of aromatic nitrogens is 4. The Labute approximate surface area is 296 Å². The summed E-state index contributed by atoms with van der Waals surface area (Å²) in [6.07, 6.45) is 4.74. The Morgan fingerprint density at radius 3 is 1.24 bits per heavy atom. The predicted octanol–water partition coefficient (Wildman–Crippen LogP) is 9.55. The van der Waals surface area contributed by atoms with Crippen LogP contribution in [-0.2, 0) is 9.47 Å². The maximum absolute atomic E-state index is 13.1. The highest BCUT2D eigenvalue weighted by Gasteiger charge is 2.44. The van der Waals surface area contributed by atoms with Gasteiger partial charge in [-0.25, -0.2) is 19.6 Å². The Morgan fingerprint density at radius 2 is 0.920 bits per heavy atom. The minimum Gasteiger partial charge on any atom is -0.444 e. The van der Waals surface area contributed by atoms with Crippen molar-refractivity contribution in [1.29, 1.82) is 0 Å². The van der Waals surface area contributed by atoms with Crippen molar-refractivity contribution in [3.63, 3.8) is 0 Å². The molecule has 50 heavy (non-hydrogen) atoms. The van der Waals surface area contributed by atoms with E-state index < -0.39 is 11.2 Å². The number of hydrogen-bond donors (Lipinski definition) is 2. The number of aromatic amines is 2. The summed E-state index contributed by atoms with van der Waals surface area (Å²) in [4.78, 5) is 46.4. The second-order valence-corrected chi connectivity index (χ2v) is 16.2. The Bertz CT molecular complexity index is 1680. The van der Waals surface area contributed by atoms with Crippen LogP contribution in [-0.4, -0.2) is 65.2 Å². The molecule has 2 aliphatic rings. The van der Waals surface area contributed by atoms with Crippen molar-refractivity contribution in [1.82, 2.24) is 29.7 Å². The molecule has 2 unspecified atom stereocenters. The molecule has 2 aromatic carbocycles. The molecule has 2 aliphatic heterocycles. The lowest BCUT2D eigenvalue weighted by atomic mass is 10.0. The molecule has 4 heterocycles. The number of nitrogens with one attached hydrogen (secondary N) is 2. The van der Waals surface area contributed by atoms with Gasteiger partial charge >= 0.3 is 12.2 Å². The number of likely N-dealkylation sites (tertiary alicyclic amines) is 2. The maximum Gasteiger partial charge on any atom is 0.411 e. The molecule has 2 amide bonds. The number of imidazole rings is 2. The minimum absolute atomic E-state index is 0.0545. The van der Waals surface area contributed by atoms with Gasteiger partial charge < -0.3 is 19.4 Å². The van der Waals surface area contributed by atoms with Crippen molar-refractivity contribution in [2.75, 3.05) is 0 Å². The van der Waals surface area contributed by atoms with Gasteiger partial charge in [0.2, 0.25) is 0 Å². The van der Waals surface area contributed by atoms with Gasteiger partial charge in [-0.15, -0.1) is 0 Å². The average molecular weight is 681 g/mol. The first kappa shape index (κ1) is 35.2. The summed E-state index contributed by atoms with van der Waals surface area (Å²) < 4.78 is 11.5. The third-order valence-electron chi connectivity index (χ3n) is 10.1. The van der Waals surface area contributed by atoms with E-state index >= 15 is 0 Å². The van der Waals surface area contributed by atoms with Crippen LogP contribution in [0, 0.1) is 11.8 Å². The van der Waals surface area contributed by atoms with Gasteiger partial charge in [0.05, 0.1) is 35.9 Å². The van der Waals surface area contributed by atoms with Gasteiger partial charge in [-0.1, -0.05) is 62.4 Å². The van der Waals surface area contributed by atoms with Crippen molar-refractivity contribution < 1.29 is 19.1 Å². The first-order valence-electron chi connectivity index (χ1n) is 17.8. The maximum atomic E-state index is 13.1. The fourth-order valence-corrected chi connectivity index (χ4v) is 7.13. The number of rotatable bonds is 5. The molecule has 2 saturated heterocycles. The van der Waals surface area contributed by atoms with Crippen LogP contribution in [0.4, 0.5) is 9.59 Å². The van der Waals surface area contributed by atoms with E-state index in [1.165, 1.54) is 0 Å². The van der Waals surface area contributed by atoms with Gasteiger partial charge in [-0.2, -0.15) is 0 Å². The highest BCUT2D eigenvalue weighted by molar-refractivity contribution is 5.73. The molecule has 2 fully saturated rings. The number of ether oxygens (including phenoxy) is 2. The monoisotopic (exact) mass is 680 g/mol. The third-order valence-corrected chi connectivity index (χ3v) is 10.1. The van der Waals surface area contributed by atoms with Crippen LogP contribution in [0.1, 0.15) is 106 Å². The van der Waals surface area contributed by atoms with E-state index in [1.807, 2.05) is 63.7 Å². The normalized spacial score (nSPS) is 24.1. The fourth-order valence-electron chi connectivity index (χ4n) is 7.13. The van der Waals surface area contributed by atoms with Gasteiger partial charge in [-0.05, 0) is 102 Å². The summed E-state index contributed by atoms with van der Waals surface area (Å²) in [6, 6.07) is 16.6. The van der Waals surface area contributed by atoms with Gasteiger partial charge in [-0.3, -0.25) is 9.80 Å². The molecule has 10 heteroatoms. The summed E-state index contributed by atoms with van der Waals surface area (Å²) in [6.45, 7) is 19.8. The minimum atomic E-state index is -0.563. The van der Waals surface area contributed by atoms with Gasteiger partial charge in [0.25, 0.3) is 0 Å². The largest absolute Gasteiger partial charge is 0.444 e. The van der Waals surface area contributed by atoms with Crippen molar-refractivity contribution in [3.05, 3.63) is 72.6 Å². The van der Waals surface area contributed by atoms with Crippen LogP contribution in [0.3, 0.4) is 0 Å². The van der Waals surface area contributed by atoms with Crippen molar-refractivity contribution in [3.8, 4) is 33.6 Å². The Balaban J connectivity index is 1.14. The molecule has 0 aliphatic carbocycles. The van der Waals surface area contributed by atoms with Gasteiger partial charge in [0, 0.05) is 12.1 Å². The van der Waals surface area contributed by atoms with E-state index in [-0.39, 0.29) is 36.4 Å². The fraction of sp³-hybridized carbons (Fsp3) is 0.500. The zero-order chi connectivity index (χ0) is 36.1.